The molecule has 0 amide bonds. The molecule has 0 aliphatic heterocycles. The Balaban J connectivity index is 2.49. The van der Waals surface area contributed by atoms with Gasteiger partial charge in [-0.15, -0.1) is 0 Å². The molecule has 0 fully saturated rings. The summed E-state index contributed by atoms with van der Waals surface area (Å²) in [5.74, 6) is -0.180. The molecule has 0 aliphatic carbocycles. The molecule has 2 rings (SSSR count). The fourth-order valence-corrected chi connectivity index (χ4v) is 2.45. The molecule has 1 heterocycles. The Hall–Kier alpha value is -1.68. The number of nitrogens with zero attached hydrogens (tertiary/aromatic N) is 2. The molecule has 1 aromatic heterocycles. The van der Waals surface area contributed by atoms with Crippen LogP contribution in [0.5, 0.6) is 0 Å². The average molecular weight is 275 g/mol. The van der Waals surface area contributed by atoms with Gasteiger partial charge in [-0.25, -0.2) is 4.39 Å². The number of benzene rings is 1. The molecule has 3 nitrogen and oxygen atoms in total. The lowest BCUT2D eigenvalue weighted by molar-refractivity contribution is 0.531. The number of aromatic nitrogens is 2. The fourth-order valence-electron chi connectivity index (χ4n) is 2.45. The van der Waals surface area contributed by atoms with Crippen molar-refractivity contribution in [2.24, 2.45) is 7.05 Å². The third-order valence-electron chi connectivity index (χ3n) is 3.50. The molecule has 0 saturated carbocycles. The van der Waals surface area contributed by atoms with Gasteiger partial charge in [0.05, 0.1) is 17.4 Å². The first-order valence-corrected chi connectivity index (χ1v) is 7.09. The molecule has 0 bridgehead atoms. The zero-order valence-corrected chi connectivity index (χ0v) is 12.6. The van der Waals surface area contributed by atoms with Gasteiger partial charge in [0.2, 0.25) is 0 Å². The second-order valence-corrected chi connectivity index (χ2v) is 5.05. The van der Waals surface area contributed by atoms with E-state index < -0.39 is 0 Å². The van der Waals surface area contributed by atoms with Gasteiger partial charge in [0.15, 0.2) is 0 Å². The minimum absolute atomic E-state index is 0.169. The van der Waals surface area contributed by atoms with Crippen LogP contribution in [0, 0.1) is 12.7 Å². The fraction of sp³-hybridized carbons (Fsp3) is 0.438. The van der Waals surface area contributed by atoms with E-state index in [0.29, 0.717) is 5.56 Å². The number of hydrogen-bond acceptors (Lipinski definition) is 2. The van der Waals surface area contributed by atoms with Crippen LogP contribution in [0.25, 0.3) is 0 Å². The van der Waals surface area contributed by atoms with Crippen LogP contribution in [0.2, 0.25) is 0 Å². The van der Waals surface area contributed by atoms with Gasteiger partial charge in [-0.2, -0.15) is 5.10 Å². The Kier molecular flexibility index (Phi) is 4.55. The molecule has 0 radical (unpaired) electrons. The summed E-state index contributed by atoms with van der Waals surface area (Å²) < 4.78 is 16.0. The van der Waals surface area contributed by atoms with Crippen LogP contribution in [0.4, 0.5) is 4.39 Å². The van der Waals surface area contributed by atoms with Crippen molar-refractivity contribution in [1.82, 2.24) is 15.1 Å². The Morgan fingerprint density at radius 3 is 2.65 bits per heavy atom. The van der Waals surface area contributed by atoms with Gasteiger partial charge < -0.3 is 5.32 Å². The Bertz CT molecular complexity index is 589. The van der Waals surface area contributed by atoms with Crippen LogP contribution in [0.1, 0.15) is 42.4 Å². The van der Waals surface area contributed by atoms with E-state index in [9.17, 15) is 4.39 Å². The van der Waals surface area contributed by atoms with Gasteiger partial charge in [0.25, 0.3) is 0 Å². The molecule has 4 heteroatoms. The largest absolute Gasteiger partial charge is 0.305 e. The maximum atomic E-state index is 14.2. The minimum atomic E-state index is -0.180. The standard InChI is InChI=1S/C16H22FN3/c1-5-12-10-15(20(4)19-12)16(18-6-2)13-9-11(3)7-8-14(13)17/h7-10,16,18H,5-6H2,1-4H3. The first kappa shape index (κ1) is 14.7. The number of hydrogen-bond donors (Lipinski definition) is 1. The van der Waals surface area contributed by atoms with E-state index in [4.69, 9.17) is 0 Å². The van der Waals surface area contributed by atoms with Gasteiger partial charge >= 0.3 is 0 Å². The monoisotopic (exact) mass is 275 g/mol. The van der Waals surface area contributed by atoms with Crippen molar-refractivity contribution in [2.45, 2.75) is 33.2 Å². The molecule has 0 saturated heterocycles. The van der Waals surface area contributed by atoms with E-state index in [0.717, 1.165) is 29.9 Å². The maximum Gasteiger partial charge on any atom is 0.128 e. The highest BCUT2D eigenvalue weighted by atomic mass is 19.1. The van der Waals surface area contributed by atoms with E-state index in [1.165, 1.54) is 6.07 Å². The molecule has 1 unspecified atom stereocenters. The lowest BCUT2D eigenvalue weighted by Crippen LogP contribution is -2.25. The topological polar surface area (TPSA) is 29.9 Å². The Labute approximate surface area is 119 Å². The molecular weight excluding hydrogens is 253 g/mol. The van der Waals surface area contributed by atoms with Crippen LogP contribution >= 0.6 is 0 Å². The predicted molar refractivity (Wildman–Crippen MR) is 79.2 cm³/mol. The van der Waals surface area contributed by atoms with E-state index in [1.807, 2.05) is 31.6 Å². The van der Waals surface area contributed by atoms with Gasteiger partial charge in [0, 0.05) is 12.6 Å². The molecule has 1 aromatic carbocycles. The number of aryl methyl sites for hydroxylation is 3. The second-order valence-electron chi connectivity index (χ2n) is 5.05. The van der Waals surface area contributed by atoms with Crippen molar-refractivity contribution in [3.8, 4) is 0 Å². The molecule has 0 spiro atoms. The van der Waals surface area contributed by atoms with Gasteiger partial charge in [-0.3, -0.25) is 4.68 Å². The quantitative estimate of drug-likeness (QED) is 0.908. The smallest absolute Gasteiger partial charge is 0.128 e. The summed E-state index contributed by atoms with van der Waals surface area (Å²) in [4.78, 5) is 0. The van der Waals surface area contributed by atoms with Crippen molar-refractivity contribution in [1.29, 1.82) is 0 Å². The summed E-state index contributed by atoms with van der Waals surface area (Å²) in [6.45, 7) is 6.84. The van der Waals surface area contributed by atoms with Crippen LogP contribution < -0.4 is 5.32 Å². The zero-order chi connectivity index (χ0) is 14.7. The first-order chi connectivity index (χ1) is 9.56. The summed E-state index contributed by atoms with van der Waals surface area (Å²) in [5, 5.41) is 7.82. The Morgan fingerprint density at radius 2 is 2.05 bits per heavy atom. The molecule has 2 aromatic rings. The number of nitrogens with one attached hydrogen (secondary N) is 1. The highest BCUT2D eigenvalue weighted by Crippen LogP contribution is 2.26. The molecule has 1 atom stereocenters. The zero-order valence-electron chi connectivity index (χ0n) is 12.6. The van der Waals surface area contributed by atoms with Crippen molar-refractivity contribution in [3.05, 3.63) is 52.6 Å². The molecule has 1 N–H and O–H groups in total. The summed E-state index contributed by atoms with van der Waals surface area (Å²) in [5.41, 5.74) is 3.76. The van der Waals surface area contributed by atoms with E-state index >= 15 is 0 Å². The highest BCUT2D eigenvalue weighted by Gasteiger charge is 2.21. The minimum Gasteiger partial charge on any atom is -0.305 e. The summed E-state index contributed by atoms with van der Waals surface area (Å²) >= 11 is 0. The lowest BCUT2D eigenvalue weighted by Gasteiger charge is -2.19. The third kappa shape index (κ3) is 2.90. The van der Waals surface area contributed by atoms with Crippen LogP contribution in [0.15, 0.2) is 24.3 Å². The average Bonchev–Trinajstić information content (AvgIpc) is 2.80. The molecule has 108 valence electrons. The van der Waals surface area contributed by atoms with Crippen molar-refractivity contribution >= 4 is 0 Å². The maximum absolute atomic E-state index is 14.2. The van der Waals surface area contributed by atoms with Crippen LogP contribution in [-0.4, -0.2) is 16.3 Å². The molecule has 0 aliphatic rings. The van der Waals surface area contributed by atoms with E-state index in [-0.39, 0.29) is 11.9 Å². The predicted octanol–water partition coefficient (Wildman–Crippen LogP) is 3.13. The number of halogens is 1. The first-order valence-electron chi connectivity index (χ1n) is 7.09. The number of rotatable bonds is 5. The summed E-state index contributed by atoms with van der Waals surface area (Å²) in [6.07, 6.45) is 0.878. The SMILES string of the molecule is CCNC(c1cc(C)ccc1F)c1cc(CC)nn1C. The van der Waals surface area contributed by atoms with Crippen molar-refractivity contribution < 1.29 is 4.39 Å². The highest BCUT2D eigenvalue weighted by molar-refractivity contribution is 5.33. The second kappa shape index (κ2) is 6.18. The lowest BCUT2D eigenvalue weighted by atomic mass is 10.0. The van der Waals surface area contributed by atoms with Crippen molar-refractivity contribution in [2.75, 3.05) is 6.54 Å². The van der Waals surface area contributed by atoms with E-state index in [1.54, 1.807) is 6.07 Å². The van der Waals surface area contributed by atoms with Gasteiger partial charge in [-0.1, -0.05) is 31.5 Å². The van der Waals surface area contributed by atoms with Gasteiger partial charge in [-0.05, 0) is 32.0 Å². The van der Waals surface area contributed by atoms with E-state index in [2.05, 4.69) is 23.4 Å². The normalized spacial score (nSPS) is 12.7. The van der Waals surface area contributed by atoms with Crippen LogP contribution in [0.3, 0.4) is 0 Å². The van der Waals surface area contributed by atoms with Gasteiger partial charge in [0.1, 0.15) is 5.82 Å². The molecule has 20 heavy (non-hydrogen) atoms. The Morgan fingerprint density at radius 1 is 1.30 bits per heavy atom. The summed E-state index contributed by atoms with van der Waals surface area (Å²) in [7, 11) is 1.91. The third-order valence-corrected chi connectivity index (χ3v) is 3.50. The summed E-state index contributed by atoms with van der Waals surface area (Å²) in [6, 6.07) is 7.11. The molecular formula is C16H22FN3. The van der Waals surface area contributed by atoms with Crippen molar-refractivity contribution in [3.63, 3.8) is 0 Å². The van der Waals surface area contributed by atoms with Crippen LogP contribution in [-0.2, 0) is 13.5 Å².